The smallest absolute Gasteiger partial charge is 0.408 e. The molecule has 1 amide bonds. The lowest BCUT2D eigenvalue weighted by Gasteiger charge is -2.48. The Morgan fingerprint density at radius 3 is 2.26 bits per heavy atom. The van der Waals surface area contributed by atoms with Gasteiger partial charge in [0.2, 0.25) is 0 Å². The molecule has 1 N–H and O–H groups in total. The Morgan fingerprint density at radius 1 is 1.04 bits per heavy atom. The summed E-state index contributed by atoms with van der Waals surface area (Å²) in [7, 11) is 5.52. The number of likely N-dealkylation sites (N-methyl/N-ethyl adjacent to an activating group) is 1. The van der Waals surface area contributed by atoms with Gasteiger partial charge in [-0.1, -0.05) is 33.8 Å². The van der Waals surface area contributed by atoms with Crippen molar-refractivity contribution in [1.29, 1.82) is 0 Å². The molecule has 3 aliphatic rings. The Balaban J connectivity index is 2.15. The second-order valence-electron chi connectivity index (χ2n) is 14.0. The van der Waals surface area contributed by atoms with E-state index in [-0.39, 0.29) is 31.0 Å². The maximum atomic E-state index is 14.2. The fourth-order valence-electron chi connectivity index (χ4n) is 7.62. The molecule has 13 atom stereocenters. The molecule has 0 spiro atoms. The average Bonchev–Trinajstić information content (AvgIpc) is 3.32. The molecule has 0 aromatic rings. The van der Waals surface area contributed by atoms with Gasteiger partial charge < -0.3 is 38.6 Å². The van der Waals surface area contributed by atoms with Crippen molar-refractivity contribution < 1.29 is 47.6 Å². The van der Waals surface area contributed by atoms with Crippen molar-refractivity contribution in [2.75, 3.05) is 27.8 Å². The van der Waals surface area contributed by atoms with Crippen molar-refractivity contribution in [2.24, 2.45) is 23.7 Å². The van der Waals surface area contributed by atoms with E-state index in [4.69, 9.17) is 28.4 Å². The highest BCUT2D eigenvalue weighted by molar-refractivity contribution is 6.00. The van der Waals surface area contributed by atoms with Gasteiger partial charge in [-0.25, -0.2) is 4.79 Å². The number of alkyl carbamates (subject to hydrolysis) is 1. The highest BCUT2D eigenvalue weighted by Gasteiger charge is 2.57. The summed E-state index contributed by atoms with van der Waals surface area (Å²) in [6.07, 6.45) is -1.37. The van der Waals surface area contributed by atoms with E-state index in [1.54, 1.807) is 47.8 Å². The number of rotatable bonds is 8. The van der Waals surface area contributed by atoms with Gasteiger partial charge in [0.1, 0.15) is 23.9 Å². The summed E-state index contributed by atoms with van der Waals surface area (Å²) < 4.78 is 37.0. The zero-order valence-electron chi connectivity index (χ0n) is 29.5. The molecule has 3 fully saturated rings. The van der Waals surface area contributed by atoms with Crippen molar-refractivity contribution >= 4 is 23.6 Å². The van der Waals surface area contributed by atoms with Gasteiger partial charge in [0.25, 0.3) is 0 Å². The molecule has 3 aliphatic heterocycles. The zero-order chi connectivity index (χ0) is 34.7. The molecule has 0 aromatic carbocycles. The van der Waals surface area contributed by atoms with Gasteiger partial charge in [0.15, 0.2) is 17.7 Å². The van der Waals surface area contributed by atoms with Gasteiger partial charge in [-0.2, -0.15) is 0 Å². The number of cyclic esters (lactones) is 1. The van der Waals surface area contributed by atoms with Crippen LogP contribution in [-0.4, -0.2) is 110 Å². The van der Waals surface area contributed by atoms with E-state index in [9.17, 15) is 19.2 Å². The van der Waals surface area contributed by atoms with E-state index in [0.29, 0.717) is 12.8 Å². The quantitative estimate of drug-likeness (QED) is 0.233. The predicted octanol–water partition coefficient (Wildman–Crippen LogP) is 3.69. The highest BCUT2D eigenvalue weighted by atomic mass is 16.7. The first-order valence-corrected chi connectivity index (χ1v) is 16.5. The normalized spacial score (nSPS) is 42.9. The van der Waals surface area contributed by atoms with Crippen LogP contribution in [0.15, 0.2) is 12.7 Å². The molecule has 0 saturated carbocycles. The van der Waals surface area contributed by atoms with Gasteiger partial charge in [0, 0.05) is 30.9 Å². The zero-order valence-corrected chi connectivity index (χ0v) is 29.5. The van der Waals surface area contributed by atoms with Crippen molar-refractivity contribution in [3.63, 3.8) is 0 Å². The van der Waals surface area contributed by atoms with Crippen molar-refractivity contribution in [1.82, 2.24) is 10.2 Å². The van der Waals surface area contributed by atoms with E-state index < -0.39 is 83.4 Å². The molecular weight excluding hydrogens is 596 g/mol. The SMILES string of the molecule is C=CCO[C@@]1(C)C[C@@H](C)C(=O)[C@H](C)C2NC(=O)O[C@]2(C)[C@@H](CC)OC(=O)[C@H](C)C(=O)[C@H](C)[C@H]1O[C@@H]1O[C@H](C)C[C@H](N(C)C)[C@H]1OC. The van der Waals surface area contributed by atoms with Crippen LogP contribution in [0.2, 0.25) is 0 Å². The maximum Gasteiger partial charge on any atom is 0.408 e. The molecule has 0 aliphatic carbocycles. The second-order valence-corrected chi connectivity index (χ2v) is 14.0. The van der Waals surface area contributed by atoms with E-state index in [2.05, 4.69) is 16.8 Å². The van der Waals surface area contributed by atoms with E-state index in [0.717, 1.165) is 0 Å². The standard InChI is InChI=1S/C34H56N2O10/c1-13-15-42-33(8)17-18(3)25(37)20(5)28-34(9,46-32(40)35-28)24(14-2)44-30(39)22(7)26(38)21(6)29(33)45-31-27(41-12)23(36(10)11)16-19(4)43-31/h13,18-24,27-29,31H,1,14-17H2,2-12H3,(H,35,40)/t18-,19-,20+,21+,22-,23+,24-,27-,28?,29-,31+,33+,34-/m1/s1. The Hall–Kier alpha value is -2.38. The van der Waals surface area contributed by atoms with Gasteiger partial charge >= 0.3 is 12.1 Å². The van der Waals surface area contributed by atoms with Crippen LogP contribution in [0.4, 0.5) is 4.79 Å². The summed E-state index contributed by atoms with van der Waals surface area (Å²) in [5, 5.41) is 2.79. The minimum absolute atomic E-state index is 0.0389. The van der Waals surface area contributed by atoms with Gasteiger partial charge in [0.05, 0.1) is 30.5 Å². The molecule has 0 aromatic heterocycles. The monoisotopic (exact) mass is 652 g/mol. The third-order valence-electron chi connectivity index (χ3n) is 10.2. The molecule has 3 heterocycles. The number of nitrogens with one attached hydrogen (secondary N) is 1. The third-order valence-corrected chi connectivity index (χ3v) is 10.2. The number of ether oxygens (including phenoxy) is 6. The number of nitrogens with zero attached hydrogens (tertiary/aromatic N) is 1. The molecule has 1 unspecified atom stereocenters. The van der Waals surface area contributed by atoms with Gasteiger partial charge in [-0.15, -0.1) is 6.58 Å². The molecule has 12 heteroatoms. The van der Waals surface area contributed by atoms with Crippen LogP contribution in [0.1, 0.15) is 74.7 Å². The molecule has 0 bridgehead atoms. The van der Waals surface area contributed by atoms with Crippen LogP contribution in [0.25, 0.3) is 0 Å². The molecular formula is C34H56N2O10. The molecule has 0 radical (unpaired) electrons. The molecule has 3 rings (SSSR count). The fraction of sp³-hybridized carbons (Fsp3) is 0.824. The average molecular weight is 653 g/mol. The summed E-state index contributed by atoms with van der Waals surface area (Å²) in [5.41, 5.74) is -2.57. The van der Waals surface area contributed by atoms with Crippen molar-refractivity contribution in [3.8, 4) is 0 Å². The molecule has 262 valence electrons. The summed E-state index contributed by atoms with van der Waals surface area (Å²) in [6.45, 7) is 17.9. The largest absolute Gasteiger partial charge is 0.458 e. The fourth-order valence-corrected chi connectivity index (χ4v) is 7.62. The summed E-state index contributed by atoms with van der Waals surface area (Å²) in [4.78, 5) is 56.5. The number of methoxy groups -OCH3 is 1. The summed E-state index contributed by atoms with van der Waals surface area (Å²) >= 11 is 0. The lowest BCUT2D eigenvalue weighted by Crippen LogP contribution is -2.60. The first kappa shape index (κ1) is 38.1. The molecule has 3 saturated heterocycles. The van der Waals surface area contributed by atoms with E-state index >= 15 is 0 Å². The van der Waals surface area contributed by atoms with Crippen LogP contribution in [0.5, 0.6) is 0 Å². The van der Waals surface area contributed by atoms with E-state index in [1.807, 2.05) is 27.9 Å². The van der Waals surface area contributed by atoms with Crippen LogP contribution >= 0.6 is 0 Å². The maximum absolute atomic E-state index is 14.2. The Kier molecular flexibility index (Phi) is 12.6. The summed E-state index contributed by atoms with van der Waals surface area (Å²) in [5.74, 6) is -4.70. The van der Waals surface area contributed by atoms with Crippen LogP contribution in [-0.2, 0) is 42.8 Å². The van der Waals surface area contributed by atoms with E-state index in [1.165, 1.54) is 6.92 Å². The lowest BCUT2D eigenvalue weighted by atomic mass is 9.73. The molecule has 46 heavy (non-hydrogen) atoms. The lowest BCUT2D eigenvalue weighted by molar-refractivity contribution is -0.300. The second kappa shape index (κ2) is 15.2. The number of carbonyl (C=O) groups excluding carboxylic acids is 4. The number of Topliss-reactive ketones (excluding diaryl/α,β-unsaturated/α-hetero) is 2. The van der Waals surface area contributed by atoms with Crippen LogP contribution < -0.4 is 5.32 Å². The molecule has 12 nitrogen and oxygen atoms in total. The third kappa shape index (κ3) is 7.67. The Bertz CT molecular complexity index is 1130. The first-order chi connectivity index (χ1) is 21.4. The van der Waals surface area contributed by atoms with Gasteiger partial charge in [-0.05, 0) is 61.1 Å². The highest BCUT2D eigenvalue weighted by Crippen LogP contribution is 2.40. The minimum atomic E-state index is -1.34. The van der Waals surface area contributed by atoms with Crippen LogP contribution in [0.3, 0.4) is 0 Å². The number of hydrogen-bond donors (Lipinski definition) is 1. The van der Waals surface area contributed by atoms with Crippen molar-refractivity contribution in [2.45, 2.75) is 129 Å². The Morgan fingerprint density at radius 2 is 1.70 bits per heavy atom. The van der Waals surface area contributed by atoms with Gasteiger partial charge in [-0.3, -0.25) is 14.4 Å². The topological polar surface area (TPSA) is 139 Å². The number of amides is 1. The number of hydrogen-bond acceptors (Lipinski definition) is 11. The minimum Gasteiger partial charge on any atom is -0.458 e. The van der Waals surface area contributed by atoms with Crippen molar-refractivity contribution in [3.05, 3.63) is 12.7 Å². The number of fused-ring (bicyclic) bond motifs is 1. The predicted molar refractivity (Wildman–Crippen MR) is 170 cm³/mol. The first-order valence-electron chi connectivity index (χ1n) is 16.5. The number of esters is 1. The van der Waals surface area contributed by atoms with Crippen LogP contribution in [0, 0.1) is 23.7 Å². The Labute approximate surface area is 274 Å². The number of ketones is 2. The summed E-state index contributed by atoms with van der Waals surface area (Å²) in [6, 6.07) is -0.821. The number of carbonyl (C=O) groups is 4.